The molecule has 0 aliphatic rings. The normalized spacial score (nSPS) is 13.0. The van der Waals surface area contributed by atoms with Gasteiger partial charge in [0.15, 0.2) is 15.7 Å². The fourth-order valence-electron chi connectivity index (χ4n) is 3.53. The number of benzene rings is 2. The van der Waals surface area contributed by atoms with Gasteiger partial charge < -0.3 is 4.74 Å². The van der Waals surface area contributed by atoms with Crippen LogP contribution >= 0.6 is 0 Å². The lowest BCUT2D eigenvalue weighted by Crippen LogP contribution is -2.41. The van der Waals surface area contributed by atoms with Crippen LogP contribution in [0.3, 0.4) is 0 Å². The standard InChI is InChI=1S/C24H15F8N3O4S/c1-2-40(37,38)19-9-15(13-4-7-17(8-5-13)39-24(31,32)23(28,29)30)11-33-20(19)35-21(36)18-10-16(22(25,26)27)6-3-14(18)12-34-35/h3-12H,2H2,1H3. The molecular formula is C24H15F8N3O4S. The van der Waals surface area contributed by atoms with Crippen LogP contribution in [0.4, 0.5) is 35.1 Å². The third-order valence-electron chi connectivity index (χ3n) is 5.63. The summed E-state index contributed by atoms with van der Waals surface area (Å²) >= 11 is 0. The second kappa shape index (κ2) is 9.83. The van der Waals surface area contributed by atoms with E-state index in [0.717, 1.165) is 54.9 Å². The van der Waals surface area contributed by atoms with Gasteiger partial charge in [-0.15, -0.1) is 0 Å². The van der Waals surface area contributed by atoms with Crippen LogP contribution in [0.25, 0.3) is 27.7 Å². The van der Waals surface area contributed by atoms with Gasteiger partial charge in [0.05, 0.1) is 22.9 Å². The molecule has 0 bridgehead atoms. The van der Waals surface area contributed by atoms with Crippen molar-refractivity contribution in [3.63, 3.8) is 0 Å². The predicted molar refractivity (Wildman–Crippen MR) is 125 cm³/mol. The molecule has 0 radical (unpaired) electrons. The Kier molecular flexibility index (Phi) is 7.11. The zero-order valence-electron chi connectivity index (χ0n) is 19.9. The monoisotopic (exact) mass is 593 g/mol. The Morgan fingerprint density at radius 2 is 1.52 bits per heavy atom. The second-order valence-corrected chi connectivity index (χ2v) is 10.5. The molecule has 0 amide bonds. The molecule has 0 aliphatic carbocycles. The van der Waals surface area contributed by atoms with Crippen LogP contribution in [-0.4, -0.2) is 41.2 Å². The molecule has 2 aromatic carbocycles. The predicted octanol–water partition coefficient (Wildman–Crippen LogP) is 5.79. The number of hydrogen-bond acceptors (Lipinski definition) is 6. The smallest absolute Gasteiger partial charge is 0.426 e. The fraction of sp³-hybridized carbons (Fsp3) is 0.208. The van der Waals surface area contributed by atoms with Gasteiger partial charge >= 0.3 is 18.5 Å². The molecule has 0 saturated heterocycles. The Morgan fingerprint density at radius 1 is 0.875 bits per heavy atom. The molecular weight excluding hydrogens is 578 g/mol. The second-order valence-electron chi connectivity index (χ2n) is 8.25. The Balaban J connectivity index is 1.81. The molecule has 2 aromatic heterocycles. The molecule has 0 N–H and O–H groups in total. The van der Waals surface area contributed by atoms with Crippen LogP contribution in [0.5, 0.6) is 5.75 Å². The van der Waals surface area contributed by atoms with E-state index >= 15 is 0 Å². The lowest BCUT2D eigenvalue weighted by Gasteiger charge is -2.20. The average molecular weight is 593 g/mol. The van der Waals surface area contributed by atoms with Crippen LogP contribution in [0.1, 0.15) is 12.5 Å². The van der Waals surface area contributed by atoms with Crippen molar-refractivity contribution in [3.05, 3.63) is 76.8 Å². The SMILES string of the molecule is CCS(=O)(=O)c1cc(-c2ccc(OC(F)(F)C(F)(F)F)cc2)cnc1-n1ncc2ccc(C(F)(F)F)cc2c1=O. The van der Waals surface area contributed by atoms with Gasteiger partial charge in [0.2, 0.25) is 0 Å². The number of nitrogens with zero attached hydrogens (tertiary/aromatic N) is 3. The van der Waals surface area contributed by atoms with Crippen molar-refractivity contribution in [3.8, 4) is 22.7 Å². The first-order valence-electron chi connectivity index (χ1n) is 11.0. The number of ether oxygens (including phenoxy) is 1. The van der Waals surface area contributed by atoms with Gasteiger partial charge in [0.1, 0.15) is 10.6 Å². The number of fused-ring (bicyclic) bond motifs is 1. The Bertz CT molecular complexity index is 1750. The first kappa shape index (κ1) is 28.9. The molecule has 4 aromatic rings. The average Bonchev–Trinajstić information content (AvgIpc) is 2.87. The third-order valence-corrected chi connectivity index (χ3v) is 7.36. The van der Waals surface area contributed by atoms with Gasteiger partial charge in [-0.3, -0.25) is 4.79 Å². The highest BCUT2D eigenvalue weighted by atomic mass is 32.2. The maximum absolute atomic E-state index is 13.2. The summed E-state index contributed by atoms with van der Waals surface area (Å²) in [6, 6.07) is 7.19. The molecule has 212 valence electrons. The molecule has 0 spiro atoms. The van der Waals surface area contributed by atoms with Gasteiger partial charge in [-0.05, 0) is 35.9 Å². The molecule has 0 unspecified atom stereocenters. The fourth-order valence-corrected chi connectivity index (χ4v) is 4.56. The number of halogens is 8. The van der Waals surface area contributed by atoms with E-state index in [1.54, 1.807) is 0 Å². The molecule has 0 saturated carbocycles. The van der Waals surface area contributed by atoms with E-state index in [4.69, 9.17) is 0 Å². The first-order valence-corrected chi connectivity index (χ1v) is 12.7. The van der Waals surface area contributed by atoms with Crippen LogP contribution in [-0.2, 0) is 16.0 Å². The molecule has 2 heterocycles. The van der Waals surface area contributed by atoms with Crippen LogP contribution < -0.4 is 10.3 Å². The van der Waals surface area contributed by atoms with E-state index < -0.39 is 67.0 Å². The van der Waals surface area contributed by atoms with Gasteiger partial charge in [0, 0.05) is 17.1 Å². The zero-order chi connectivity index (χ0) is 29.7. The molecule has 40 heavy (non-hydrogen) atoms. The summed E-state index contributed by atoms with van der Waals surface area (Å²) < 4.78 is 133. The molecule has 0 aliphatic heterocycles. The number of hydrogen-bond donors (Lipinski definition) is 0. The summed E-state index contributed by atoms with van der Waals surface area (Å²) in [5, 5.41) is 3.52. The number of aromatic nitrogens is 3. The number of rotatable bonds is 6. The lowest BCUT2D eigenvalue weighted by atomic mass is 10.1. The van der Waals surface area contributed by atoms with Crippen LogP contribution in [0.2, 0.25) is 0 Å². The minimum absolute atomic E-state index is 0.0538. The Labute approximate surface area is 219 Å². The highest BCUT2D eigenvalue weighted by Gasteiger charge is 2.61. The van der Waals surface area contributed by atoms with Gasteiger partial charge in [-0.25, -0.2) is 13.4 Å². The molecule has 7 nitrogen and oxygen atoms in total. The quantitative estimate of drug-likeness (QED) is 0.263. The first-order chi connectivity index (χ1) is 18.4. The topological polar surface area (TPSA) is 91.2 Å². The minimum Gasteiger partial charge on any atom is -0.426 e. The van der Waals surface area contributed by atoms with Crippen molar-refractivity contribution in [2.45, 2.75) is 30.3 Å². The minimum atomic E-state index is -5.96. The molecule has 16 heteroatoms. The van der Waals surface area contributed by atoms with Crippen molar-refractivity contribution >= 4 is 20.6 Å². The lowest BCUT2D eigenvalue weighted by molar-refractivity contribution is -0.360. The van der Waals surface area contributed by atoms with Crippen LogP contribution in [0.15, 0.2) is 70.6 Å². The number of pyridine rings is 1. The summed E-state index contributed by atoms with van der Waals surface area (Å²) in [4.78, 5) is 16.6. The zero-order valence-corrected chi connectivity index (χ0v) is 20.7. The largest absolute Gasteiger partial charge is 0.499 e. The van der Waals surface area contributed by atoms with E-state index in [0.29, 0.717) is 10.7 Å². The molecule has 0 atom stereocenters. The van der Waals surface area contributed by atoms with Crippen molar-refractivity contribution in [2.24, 2.45) is 0 Å². The van der Waals surface area contributed by atoms with Crippen molar-refractivity contribution in [1.29, 1.82) is 0 Å². The number of sulfone groups is 1. The summed E-state index contributed by atoms with van der Waals surface area (Å²) in [6.45, 7) is 1.28. The van der Waals surface area contributed by atoms with E-state index in [1.165, 1.54) is 6.92 Å². The van der Waals surface area contributed by atoms with E-state index in [-0.39, 0.29) is 16.5 Å². The van der Waals surface area contributed by atoms with Gasteiger partial charge in [-0.2, -0.15) is 44.9 Å². The highest BCUT2D eigenvalue weighted by molar-refractivity contribution is 7.91. The van der Waals surface area contributed by atoms with Crippen LogP contribution in [0, 0.1) is 0 Å². The van der Waals surface area contributed by atoms with E-state index in [1.807, 2.05) is 0 Å². The molecule has 0 fully saturated rings. The van der Waals surface area contributed by atoms with Crippen molar-refractivity contribution in [1.82, 2.24) is 14.8 Å². The van der Waals surface area contributed by atoms with E-state index in [9.17, 15) is 48.3 Å². The molecule has 4 rings (SSSR count). The maximum atomic E-state index is 13.2. The Hall–Kier alpha value is -4.08. The van der Waals surface area contributed by atoms with Crippen molar-refractivity contribution < 1.29 is 48.3 Å². The van der Waals surface area contributed by atoms with Crippen molar-refractivity contribution in [2.75, 3.05) is 5.75 Å². The Morgan fingerprint density at radius 3 is 2.10 bits per heavy atom. The highest BCUT2D eigenvalue weighted by Crippen LogP contribution is 2.38. The summed E-state index contributed by atoms with van der Waals surface area (Å²) in [6.07, 6.45) is -14.0. The van der Waals surface area contributed by atoms with Gasteiger partial charge in [-0.1, -0.05) is 25.1 Å². The summed E-state index contributed by atoms with van der Waals surface area (Å²) in [5.74, 6) is -1.83. The third kappa shape index (κ3) is 5.48. The summed E-state index contributed by atoms with van der Waals surface area (Å²) in [7, 11) is -4.15. The summed E-state index contributed by atoms with van der Waals surface area (Å²) in [5.41, 5.74) is -2.01. The number of alkyl halides is 8. The maximum Gasteiger partial charge on any atom is 0.499 e. The van der Waals surface area contributed by atoms with Gasteiger partial charge in [0.25, 0.3) is 5.56 Å². The van der Waals surface area contributed by atoms with E-state index in [2.05, 4.69) is 14.8 Å².